The van der Waals surface area contributed by atoms with E-state index in [4.69, 9.17) is 5.73 Å². The second kappa shape index (κ2) is 3.00. The fourth-order valence-corrected chi connectivity index (χ4v) is 2.85. The molecule has 2 rings (SSSR count). The zero-order valence-electron chi connectivity index (χ0n) is 8.05. The van der Waals surface area contributed by atoms with Crippen LogP contribution in [0.1, 0.15) is 32.1 Å². The number of hydrogen-bond acceptors (Lipinski definition) is 2. The minimum Gasteiger partial charge on any atom is -0.325 e. The van der Waals surface area contributed by atoms with Crippen LogP contribution in [0, 0.1) is 5.92 Å². The van der Waals surface area contributed by atoms with E-state index in [0.717, 1.165) is 5.92 Å². The molecule has 1 unspecified atom stereocenters. The Balaban J connectivity index is 1.99. The van der Waals surface area contributed by atoms with Gasteiger partial charge in [-0.3, -0.25) is 0 Å². The number of hydrogen-bond donors (Lipinski definition) is 1. The van der Waals surface area contributed by atoms with Crippen molar-refractivity contribution in [2.24, 2.45) is 11.7 Å². The third kappa shape index (κ3) is 1.38. The number of likely N-dealkylation sites (tertiary alicyclic amines) is 1. The van der Waals surface area contributed by atoms with Crippen molar-refractivity contribution in [3.8, 4) is 0 Å². The maximum Gasteiger partial charge on any atom is 0.0195 e. The average molecular weight is 168 g/mol. The van der Waals surface area contributed by atoms with Crippen LogP contribution < -0.4 is 5.73 Å². The Labute approximate surface area is 75.1 Å². The van der Waals surface area contributed by atoms with Crippen molar-refractivity contribution in [1.29, 1.82) is 0 Å². The van der Waals surface area contributed by atoms with Crippen LogP contribution in [0.2, 0.25) is 0 Å². The molecule has 0 amide bonds. The van der Waals surface area contributed by atoms with Crippen molar-refractivity contribution < 1.29 is 0 Å². The van der Waals surface area contributed by atoms with Crippen molar-refractivity contribution in [2.75, 3.05) is 20.1 Å². The van der Waals surface area contributed by atoms with Crippen molar-refractivity contribution in [2.45, 2.75) is 37.6 Å². The van der Waals surface area contributed by atoms with Crippen LogP contribution in [-0.2, 0) is 0 Å². The highest BCUT2D eigenvalue weighted by molar-refractivity contribution is 4.98. The van der Waals surface area contributed by atoms with E-state index in [9.17, 15) is 0 Å². The molecule has 0 radical (unpaired) electrons. The SMILES string of the molecule is CN1CCC(C2(N)CCCC2)C1. The van der Waals surface area contributed by atoms with Gasteiger partial charge in [0.25, 0.3) is 0 Å². The van der Waals surface area contributed by atoms with Gasteiger partial charge >= 0.3 is 0 Å². The highest BCUT2D eigenvalue weighted by atomic mass is 15.1. The van der Waals surface area contributed by atoms with Gasteiger partial charge in [-0.25, -0.2) is 0 Å². The molecule has 1 atom stereocenters. The number of nitrogens with zero attached hydrogens (tertiary/aromatic N) is 1. The van der Waals surface area contributed by atoms with Crippen molar-refractivity contribution in [1.82, 2.24) is 4.90 Å². The molecule has 1 saturated heterocycles. The molecule has 2 fully saturated rings. The molecule has 2 N–H and O–H groups in total. The van der Waals surface area contributed by atoms with Crippen LogP contribution in [0.3, 0.4) is 0 Å². The predicted molar refractivity (Wildman–Crippen MR) is 51.0 cm³/mol. The fraction of sp³-hybridized carbons (Fsp3) is 1.00. The monoisotopic (exact) mass is 168 g/mol. The zero-order valence-corrected chi connectivity index (χ0v) is 8.05. The lowest BCUT2D eigenvalue weighted by Crippen LogP contribution is -2.45. The molecule has 0 aromatic rings. The van der Waals surface area contributed by atoms with Gasteiger partial charge in [0.1, 0.15) is 0 Å². The molecule has 0 spiro atoms. The van der Waals surface area contributed by atoms with E-state index in [0.29, 0.717) is 0 Å². The summed E-state index contributed by atoms with van der Waals surface area (Å²) in [7, 11) is 2.21. The van der Waals surface area contributed by atoms with Gasteiger partial charge in [0, 0.05) is 12.1 Å². The predicted octanol–water partition coefficient (Wildman–Crippen LogP) is 1.21. The van der Waals surface area contributed by atoms with Gasteiger partial charge in [0.05, 0.1) is 0 Å². The molecular weight excluding hydrogens is 148 g/mol. The highest BCUT2D eigenvalue weighted by Gasteiger charge is 2.39. The summed E-state index contributed by atoms with van der Waals surface area (Å²) in [5.41, 5.74) is 6.61. The average Bonchev–Trinajstić information content (AvgIpc) is 2.59. The lowest BCUT2D eigenvalue weighted by molar-refractivity contribution is 0.272. The summed E-state index contributed by atoms with van der Waals surface area (Å²) in [5.74, 6) is 0.782. The van der Waals surface area contributed by atoms with E-state index in [1.165, 1.54) is 45.2 Å². The zero-order chi connectivity index (χ0) is 8.60. The van der Waals surface area contributed by atoms with E-state index < -0.39 is 0 Å². The van der Waals surface area contributed by atoms with Crippen molar-refractivity contribution in [3.63, 3.8) is 0 Å². The summed E-state index contributed by atoms with van der Waals surface area (Å²) in [5, 5.41) is 0. The minimum absolute atomic E-state index is 0.213. The largest absolute Gasteiger partial charge is 0.325 e. The van der Waals surface area contributed by atoms with Crippen LogP contribution >= 0.6 is 0 Å². The topological polar surface area (TPSA) is 29.3 Å². The molecular formula is C10H20N2. The Bertz CT molecular complexity index is 161. The Kier molecular flexibility index (Phi) is 2.13. The second-order valence-corrected chi connectivity index (χ2v) is 4.69. The second-order valence-electron chi connectivity index (χ2n) is 4.69. The molecule has 0 aromatic heterocycles. The van der Waals surface area contributed by atoms with Crippen LogP contribution in [0.15, 0.2) is 0 Å². The third-order valence-corrected chi connectivity index (χ3v) is 3.74. The lowest BCUT2D eigenvalue weighted by Gasteiger charge is -2.30. The molecule has 1 aliphatic heterocycles. The fourth-order valence-electron chi connectivity index (χ4n) is 2.85. The molecule has 12 heavy (non-hydrogen) atoms. The quantitative estimate of drug-likeness (QED) is 0.637. The van der Waals surface area contributed by atoms with Gasteiger partial charge in [-0.1, -0.05) is 12.8 Å². The normalized spacial score (nSPS) is 36.0. The van der Waals surface area contributed by atoms with Gasteiger partial charge in [-0.05, 0) is 38.8 Å². The van der Waals surface area contributed by atoms with Gasteiger partial charge in [-0.2, -0.15) is 0 Å². The Morgan fingerprint density at radius 2 is 2.00 bits per heavy atom. The first kappa shape index (κ1) is 8.52. The number of rotatable bonds is 1. The molecule has 2 aliphatic rings. The van der Waals surface area contributed by atoms with Crippen LogP contribution in [-0.4, -0.2) is 30.6 Å². The lowest BCUT2D eigenvalue weighted by atomic mass is 9.83. The molecule has 1 aliphatic carbocycles. The van der Waals surface area contributed by atoms with Gasteiger partial charge in [0.2, 0.25) is 0 Å². The Hall–Kier alpha value is -0.0800. The standard InChI is InChI=1S/C10H20N2/c1-12-7-4-9(8-12)10(11)5-2-3-6-10/h9H,2-8,11H2,1H3. The van der Waals surface area contributed by atoms with Crippen molar-refractivity contribution >= 4 is 0 Å². The van der Waals surface area contributed by atoms with Gasteiger partial charge < -0.3 is 10.6 Å². The molecule has 1 heterocycles. The molecule has 70 valence electrons. The maximum absolute atomic E-state index is 6.40. The van der Waals surface area contributed by atoms with Crippen molar-refractivity contribution in [3.05, 3.63) is 0 Å². The summed E-state index contributed by atoms with van der Waals surface area (Å²) in [6.07, 6.45) is 6.58. The Morgan fingerprint density at radius 3 is 2.50 bits per heavy atom. The smallest absolute Gasteiger partial charge is 0.0195 e. The van der Waals surface area contributed by atoms with E-state index in [1.807, 2.05) is 0 Å². The van der Waals surface area contributed by atoms with E-state index in [-0.39, 0.29) is 5.54 Å². The third-order valence-electron chi connectivity index (χ3n) is 3.74. The first-order valence-corrected chi connectivity index (χ1v) is 5.18. The summed E-state index contributed by atoms with van der Waals surface area (Å²) in [4.78, 5) is 2.41. The molecule has 2 nitrogen and oxygen atoms in total. The summed E-state index contributed by atoms with van der Waals surface area (Å²) in [6.45, 7) is 2.49. The summed E-state index contributed by atoms with van der Waals surface area (Å²) >= 11 is 0. The summed E-state index contributed by atoms with van der Waals surface area (Å²) in [6, 6.07) is 0. The van der Waals surface area contributed by atoms with E-state index in [1.54, 1.807) is 0 Å². The van der Waals surface area contributed by atoms with Crippen LogP contribution in [0.25, 0.3) is 0 Å². The molecule has 0 bridgehead atoms. The highest BCUT2D eigenvalue weighted by Crippen LogP contribution is 2.37. The number of nitrogens with two attached hydrogens (primary N) is 1. The first-order valence-electron chi connectivity index (χ1n) is 5.18. The van der Waals surface area contributed by atoms with E-state index in [2.05, 4.69) is 11.9 Å². The molecule has 1 saturated carbocycles. The maximum atomic E-state index is 6.40. The van der Waals surface area contributed by atoms with Gasteiger partial charge in [0.15, 0.2) is 0 Å². The van der Waals surface area contributed by atoms with Crippen LogP contribution in [0.4, 0.5) is 0 Å². The molecule has 2 heteroatoms. The minimum atomic E-state index is 0.213. The van der Waals surface area contributed by atoms with E-state index >= 15 is 0 Å². The van der Waals surface area contributed by atoms with Crippen LogP contribution in [0.5, 0.6) is 0 Å². The molecule has 0 aromatic carbocycles. The Morgan fingerprint density at radius 1 is 1.33 bits per heavy atom. The first-order chi connectivity index (χ1) is 5.71. The summed E-state index contributed by atoms with van der Waals surface area (Å²) < 4.78 is 0. The van der Waals surface area contributed by atoms with Gasteiger partial charge in [-0.15, -0.1) is 0 Å².